The Morgan fingerprint density at radius 2 is 1.85 bits per heavy atom. The molecule has 0 spiro atoms. The lowest BCUT2D eigenvalue weighted by Gasteiger charge is -2.20. The molecule has 0 saturated carbocycles. The Kier molecular flexibility index (Phi) is 9.68. The second-order valence-electron chi connectivity index (χ2n) is 8.58. The molecule has 176 valence electrons. The molecule has 0 bridgehead atoms. The predicted molar refractivity (Wildman–Crippen MR) is 136 cm³/mol. The van der Waals surface area contributed by atoms with Gasteiger partial charge in [-0.25, -0.2) is 4.39 Å². The fraction of sp³-hybridized carbons (Fsp3) is 0.320. The van der Waals surface area contributed by atoms with Gasteiger partial charge in [-0.2, -0.15) is 0 Å². The molecule has 0 saturated heterocycles. The number of anilines is 1. The minimum absolute atomic E-state index is 0.155. The van der Waals surface area contributed by atoms with Gasteiger partial charge in [0.25, 0.3) is 0 Å². The number of hydrogen-bond donors (Lipinski definition) is 1. The lowest BCUT2D eigenvalue weighted by atomic mass is 9.87. The molecule has 5 nitrogen and oxygen atoms in total. The summed E-state index contributed by atoms with van der Waals surface area (Å²) in [6, 6.07) is 12.1. The van der Waals surface area contributed by atoms with Gasteiger partial charge in [0, 0.05) is 29.6 Å². The van der Waals surface area contributed by atoms with Gasteiger partial charge in [-0.05, 0) is 65.8 Å². The third-order valence-electron chi connectivity index (χ3n) is 5.11. The Morgan fingerprint density at radius 1 is 1.18 bits per heavy atom. The van der Waals surface area contributed by atoms with Crippen molar-refractivity contribution in [2.24, 2.45) is 4.99 Å². The largest absolute Gasteiger partial charge is 0.326 e. The standard InChI is InChI=1S/C18H20ClNOS.C7H9FN2O/c1-12-15(11-21)16(19)9-10-17(12)20-22-14-7-5-13(6-8-14)18(2,3)4;1-10(5-11)7-3-2-6(8)4-9-7/h5-11,20H,1-4H3;2,4-5,7H,3H2,1H3. The summed E-state index contributed by atoms with van der Waals surface area (Å²) in [5, 5.41) is 0.484. The number of aldehydes is 1. The number of hydrogen-bond acceptors (Lipinski definition) is 5. The van der Waals surface area contributed by atoms with E-state index < -0.39 is 0 Å². The van der Waals surface area contributed by atoms with Gasteiger partial charge < -0.3 is 9.62 Å². The number of carbonyl (C=O) groups is 2. The molecule has 2 aromatic carbocycles. The second kappa shape index (κ2) is 12.0. The van der Waals surface area contributed by atoms with Crippen molar-refractivity contribution in [2.75, 3.05) is 11.8 Å². The molecule has 1 N–H and O–H groups in total. The van der Waals surface area contributed by atoms with Crippen molar-refractivity contribution in [1.82, 2.24) is 4.90 Å². The highest BCUT2D eigenvalue weighted by molar-refractivity contribution is 8.00. The molecule has 1 atom stereocenters. The van der Waals surface area contributed by atoms with Crippen LogP contribution in [0.5, 0.6) is 0 Å². The summed E-state index contributed by atoms with van der Waals surface area (Å²) in [7, 11) is 1.62. The number of nitrogens with one attached hydrogen (secondary N) is 1. The first kappa shape index (κ1) is 26.6. The lowest BCUT2D eigenvalue weighted by Crippen LogP contribution is -2.29. The van der Waals surface area contributed by atoms with Crippen LogP contribution in [0.4, 0.5) is 10.1 Å². The Labute approximate surface area is 204 Å². The fourth-order valence-electron chi connectivity index (χ4n) is 2.92. The van der Waals surface area contributed by atoms with Crippen LogP contribution in [0.25, 0.3) is 0 Å². The molecular formula is C25H29ClFN3O2S. The minimum Gasteiger partial charge on any atom is -0.326 e. The van der Waals surface area contributed by atoms with Crippen LogP contribution in [0, 0.1) is 6.92 Å². The molecule has 1 unspecified atom stereocenters. The number of nitrogens with zero attached hydrogens (tertiary/aromatic N) is 2. The molecule has 0 radical (unpaired) electrons. The highest BCUT2D eigenvalue weighted by Crippen LogP contribution is 2.30. The summed E-state index contributed by atoms with van der Waals surface area (Å²) in [5.41, 5.74) is 3.76. The summed E-state index contributed by atoms with van der Waals surface area (Å²) in [5.74, 6) is -0.333. The van der Waals surface area contributed by atoms with Gasteiger partial charge in [-0.3, -0.25) is 14.6 Å². The van der Waals surface area contributed by atoms with Gasteiger partial charge in [0.15, 0.2) is 6.29 Å². The summed E-state index contributed by atoms with van der Waals surface area (Å²) in [6.07, 6.45) is 4.25. The van der Waals surface area contributed by atoms with Crippen LogP contribution in [0.15, 0.2) is 58.2 Å². The predicted octanol–water partition coefficient (Wildman–Crippen LogP) is 6.61. The fourth-order valence-corrected chi connectivity index (χ4v) is 3.89. The first-order valence-electron chi connectivity index (χ1n) is 10.4. The summed E-state index contributed by atoms with van der Waals surface area (Å²) in [4.78, 5) is 27.6. The van der Waals surface area contributed by atoms with Gasteiger partial charge in [0.2, 0.25) is 6.41 Å². The topological polar surface area (TPSA) is 61.8 Å². The highest BCUT2D eigenvalue weighted by atomic mass is 35.5. The SMILES string of the molecule is CN(C=O)C1CC=C(F)C=N1.Cc1c(NSc2ccc(C(C)(C)C)cc2)ccc(Cl)c1C=O. The maximum atomic E-state index is 12.3. The zero-order valence-electron chi connectivity index (χ0n) is 19.4. The summed E-state index contributed by atoms with van der Waals surface area (Å²) < 4.78 is 15.6. The van der Waals surface area contributed by atoms with E-state index in [1.54, 1.807) is 13.1 Å². The van der Waals surface area contributed by atoms with E-state index in [0.717, 1.165) is 28.6 Å². The van der Waals surface area contributed by atoms with Gasteiger partial charge in [-0.15, -0.1) is 0 Å². The van der Waals surface area contributed by atoms with Gasteiger partial charge in [0.05, 0.1) is 11.2 Å². The van der Waals surface area contributed by atoms with E-state index in [4.69, 9.17) is 11.6 Å². The van der Waals surface area contributed by atoms with Crippen molar-refractivity contribution in [3.63, 3.8) is 0 Å². The number of rotatable bonds is 6. The Hall–Kier alpha value is -2.64. The zero-order chi connectivity index (χ0) is 24.6. The van der Waals surface area contributed by atoms with Crippen molar-refractivity contribution in [3.05, 3.63) is 70.0 Å². The van der Waals surface area contributed by atoms with E-state index in [0.29, 0.717) is 23.4 Å². The van der Waals surface area contributed by atoms with E-state index in [9.17, 15) is 14.0 Å². The van der Waals surface area contributed by atoms with E-state index in [1.165, 1.54) is 28.5 Å². The molecule has 1 amide bonds. The molecule has 8 heteroatoms. The Morgan fingerprint density at radius 3 is 2.36 bits per heavy atom. The molecule has 3 rings (SSSR count). The van der Waals surface area contributed by atoms with Gasteiger partial charge in [0.1, 0.15) is 12.0 Å². The number of amides is 1. The molecule has 0 aromatic heterocycles. The van der Waals surface area contributed by atoms with Crippen molar-refractivity contribution in [3.8, 4) is 0 Å². The van der Waals surface area contributed by atoms with Gasteiger partial charge >= 0.3 is 0 Å². The van der Waals surface area contributed by atoms with Crippen LogP contribution >= 0.6 is 23.5 Å². The van der Waals surface area contributed by atoms with E-state index >= 15 is 0 Å². The second-order valence-corrected chi connectivity index (χ2v) is 9.87. The summed E-state index contributed by atoms with van der Waals surface area (Å²) in [6.45, 7) is 8.49. The Balaban J connectivity index is 0.000000294. The van der Waals surface area contributed by atoms with Crippen LogP contribution < -0.4 is 4.72 Å². The molecule has 0 fully saturated rings. The quantitative estimate of drug-likeness (QED) is 0.366. The number of dihydropyridines is 1. The average molecular weight is 490 g/mol. The third kappa shape index (κ3) is 7.72. The van der Waals surface area contributed by atoms with Crippen LogP contribution in [0.1, 0.15) is 48.7 Å². The molecule has 1 aliphatic rings. The Bertz CT molecular complexity index is 1030. The number of carbonyl (C=O) groups excluding carboxylic acids is 2. The van der Waals surface area contributed by atoms with E-state index in [1.807, 2.05) is 13.0 Å². The number of aliphatic imine (C=N–C) groups is 1. The van der Waals surface area contributed by atoms with E-state index in [-0.39, 0.29) is 17.4 Å². The molecular weight excluding hydrogens is 461 g/mol. The maximum Gasteiger partial charge on any atom is 0.211 e. The average Bonchev–Trinajstić information content (AvgIpc) is 2.79. The van der Waals surface area contributed by atoms with Crippen LogP contribution in [-0.2, 0) is 10.2 Å². The number of allylic oxidation sites excluding steroid dienone is 1. The summed E-state index contributed by atoms with van der Waals surface area (Å²) >= 11 is 7.54. The van der Waals surface area contributed by atoms with Gasteiger partial charge in [-0.1, -0.05) is 44.5 Å². The monoisotopic (exact) mass is 489 g/mol. The van der Waals surface area contributed by atoms with Crippen LogP contribution in [-0.4, -0.2) is 37.0 Å². The van der Waals surface area contributed by atoms with Crippen molar-refractivity contribution < 1.29 is 14.0 Å². The zero-order valence-corrected chi connectivity index (χ0v) is 21.0. The molecule has 1 heterocycles. The molecule has 33 heavy (non-hydrogen) atoms. The van der Waals surface area contributed by atoms with Crippen LogP contribution in [0.3, 0.4) is 0 Å². The molecule has 1 aliphatic heterocycles. The third-order valence-corrected chi connectivity index (χ3v) is 6.27. The first-order valence-corrected chi connectivity index (χ1v) is 11.6. The van der Waals surface area contributed by atoms with E-state index in [2.05, 4.69) is 54.8 Å². The normalized spacial score (nSPS) is 15.1. The number of halogens is 2. The molecule has 0 aliphatic carbocycles. The van der Waals surface area contributed by atoms with Crippen molar-refractivity contribution in [1.29, 1.82) is 0 Å². The van der Waals surface area contributed by atoms with Crippen LogP contribution in [0.2, 0.25) is 5.02 Å². The molecule has 2 aromatic rings. The lowest BCUT2D eigenvalue weighted by molar-refractivity contribution is -0.118. The minimum atomic E-state index is -0.333. The number of benzene rings is 2. The maximum absolute atomic E-state index is 12.3. The smallest absolute Gasteiger partial charge is 0.211 e. The van der Waals surface area contributed by atoms with Crippen molar-refractivity contribution in [2.45, 2.75) is 50.6 Å². The first-order chi connectivity index (χ1) is 15.6. The van der Waals surface area contributed by atoms with Crippen molar-refractivity contribution >= 4 is 48.1 Å². The highest BCUT2D eigenvalue weighted by Gasteiger charge is 2.14.